The molecule has 6 heteroatoms. The second-order valence-electron chi connectivity index (χ2n) is 7.65. The maximum atomic E-state index is 12.6. The van der Waals surface area contributed by atoms with Crippen molar-refractivity contribution in [3.63, 3.8) is 0 Å². The standard InChI is InChI=1S/C17H26N4O2/c1-4-20-7-6-18-15(20)14-13(5-8-23-14)19-16(22)21-9-11-12(10-21)17(11,2)3/h6-7,11-14H,4-5,8-10H2,1-3H3,(H,19,22)/t11?,12?,13-,14-/m0/s1. The maximum Gasteiger partial charge on any atom is 0.317 e. The Hall–Kier alpha value is -1.56. The number of carbonyl (C=O) groups excluding carboxylic acids is 1. The summed E-state index contributed by atoms with van der Waals surface area (Å²) in [6, 6.07) is 0.0724. The highest BCUT2D eigenvalue weighted by Crippen LogP contribution is 2.61. The number of aryl methyl sites for hydroxylation is 1. The van der Waals surface area contributed by atoms with Gasteiger partial charge in [-0.1, -0.05) is 13.8 Å². The Balaban J connectivity index is 1.39. The molecular formula is C17H26N4O2. The lowest BCUT2D eigenvalue weighted by molar-refractivity contribution is 0.0885. The molecule has 0 aromatic carbocycles. The molecular weight excluding hydrogens is 292 g/mol. The number of amides is 2. The minimum atomic E-state index is -0.137. The van der Waals surface area contributed by atoms with Crippen LogP contribution in [-0.4, -0.2) is 46.2 Å². The van der Waals surface area contributed by atoms with Gasteiger partial charge in [0.1, 0.15) is 11.9 Å². The number of piperidine rings is 1. The number of imidazole rings is 1. The van der Waals surface area contributed by atoms with Crippen molar-refractivity contribution in [3.05, 3.63) is 18.2 Å². The second-order valence-corrected chi connectivity index (χ2v) is 7.65. The Labute approximate surface area is 137 Å². The monoisotopic (exact) mass is 318 g/mol. The van der Waals surface area contributed by atoms with Gasteiger partial charge < -0.3 is 19.5 Å². The van der Waals surface area contributed by atoms with E-state index in [0.717, 1.165) is 31.9 Å². The lowest BCUT2D eigenvalue weighted by Gasteiger charge is -2.26. The molecule has 3 aliphatic rings. The minimum Gasteiger partial charge on any atom is -0.368 e. The van der Waals surface area contributed by atoms with Crippen LogP contribution in [0.4, 0.5) is 4.79 Å². The number of ether oxygens (including phenoxy) is 1. The summed E-state index contributed by atoms with van der Waals surface area (Å²) in [4.78, 5) is 19.0. The van der Waals surface area contributed by atoms with E-state index >= 15 is 0 Å². The van der Waals surface area contributed by atoms with Gasteiger partial charge in [-0.2, -0.15) is 0 Å². The molecule has 4 rings (SSSR count). The van der Waals surface area contributed by atoms with Crippen LogP contribution in [0, 0.1) is 17.3 Å². The third kappa shape index (κ3) is 2.35. The van der Waals surface area contributed by atoms with Crippen molar-refractivity contribution in [2.24, 2.45) is 17.3 Å². The molecule has 4 atom stereocenters. The molecule has 2 saturated heterocycles. The van der Waals surface area contributed by atoms with E-state index in [0.29, 0.717) is 23.9 Å². The van der Waals surface area contributed by atoms with Crippen molar-refractivity contribution in [2.45, 2.75) is 45.9 Å². The maximum absolute atomic E-state index is 12.6. The van der Waals surface area contributed by atoms with Crippen LogP contribution in [0.1, 0.15) is 39.1 Å². The van der Waals surface area contributed by atoms with Gasteiger partial charge in [0.2, 0.25) is 0 Å². The summed E-state index contributed by atoms with van der Waals surface area (Å²) in [6.45, 7) is 10.0. The molecule has 2 amide bonds. The quantitative estimate of drug-likeness (QED) is 0.928. The molecule has 0 radical (unpaired) electrons. The van der Waals surface area contributed by atoms with E-state index in [-0.39, 0.29) is 18.2 Å². The van der Waals surface area contributed by atoms with Crippen LogP contribution >= 0.6 is 0 Å². The Bertz CT molecular complexity index is 597. The molecule has 0 spiro atoms. The van der Waals surface area contributed by atoms with Crippen molar-refractivity contribution in [2.75, 3.05) is 19.7 Å². The lowest BCUT2D eigenvalue weighted by Crippen LogP contribution is -2.46. The van der Waals surface area contributed by atoms with E-state index < -0.39 is 0 Å². The summed E-state index contributed by atoms with van der Waals surface area (Å²) in [7, 11) is 0. The predicted molar refractivity (Wildman–Crippen MR) is 85.9 cm³/mol. The fourth-order valence-corrected chi connectivity index (χ4v) is 4.38. The number of nitrogens with one attached hydrogen (secondary N) is 1. The van der Waals surface area contributed by atoms with Gasteiger partial charge >= 0.3 is 6.03 Å². The van der Waals surface area contributed by atoms with Crippen LogP contribution in [0.5, 0.6) is 0 Å². The predicted octanol–water partition coefficient (Wildman–Crippen LogP) is 2.03. The summed E-state index contributed by atoms with van der Waals surface area (Å²) in [5, 5.41) is 3.19. The smallest absolute Gasteiger partial charge is 0.317 e. The molecule has 2 aliphatic heterocycles. The van der Waals surface area contributed by atoms with Gasteiger partial charge in [-0.3, -0.25) is 0 Å². The highest BCUT2D eigenvalue weighted by Gasteiger charge is 2.62. The third-order valence-corrected chi connectivity index (χ3v) is 6.15. The number of hydrogen-bond donors (Lipinski definition) is 1. The van der Waals surface area contributed by atoms with Crippen molar-refractivity contribution in [1.29, 1.82) is 0 Å². The fourth-order valence-electron chi connectivity index (χ4n) is 4.38. The first kappa shape index (κ1) is 15.0. The summed E-state index contributed by atoms with van der Waals surface area (Å²) >= 11 is 0. The number of hydrogen-bond acceptors (Lipinski definition) is 3. The number of likely N-dealkylation sites (tertiary alicyclic amines) is 1. The van der Waals surface area contributed by atoms with Crippen LogP contribution in [0.3, 0.4) is 0 Å². The molecule has 1 saturated carbocycles. The SMILES string of the molecule is CCn1ccnc1[C@H]1OCC[C@@H]1NC(=O)N1CC2C(C1)C2(C)C. The highest BCUT2D eigenvalue weighted by molar-refractivity contribution is 5.75. The zero-order valence-corrected chi connectivity index (χ0v) is 14.2. The first-order valence-electron chi connectivity index (χ1n) is 8.70. The molecule has 1 aromatic rings. The molecule has 2 unspecified atom stereocenters. The number of fused-ring (bicyclic) bond motifs is 1. The van der Waals surface area contributed by atoms with E-state index in [2.05, 4.69) is 35.6 Å². The van der Waals surface area contributed by atoms with Gasteiger partial charge in [0.15, 0.2) is 0 Å². The van der Waals surface area contributed by atoms with Crippen molar-refractivity contribution in [3.8, 4) is 0 Å². The molecule has 1 aromatic heterocycles. The van der Waals surface area contributed by atoms with E-state index in [1.54, 1.807) is 6.20 Å². The van der Waals surface area contributed by atoms with Gasteiger partial charge in [0.25, 0.3) is 0 Å². The molecule has 23 heavy (non-hydrogen) atoms. The van der Waals surface area contributed by atoms with Gasteiger partial charge in [-0.05, 0) is 30.6 Å². The first-order chi connectivity index (χ1) is 11.0. The van der Waals surface area contributed by atoms with E-state index in [1.165, 1.54) is 0 Å². The summed E-state index contributed by atoms with van der Waals surface area (Å²) < 4.78 is 7.95. The van der Waals surface area contributed by atoms with Crippen LogP contribution in [0.25, 0.3) is 0 Å². The van der Waals surface area contributed by atoms with Crippen LogP contribution < -0.4 is 5.32 Å². The van der Waals surface area contributed by atoms with Crippen LogP contribution in [0.15, 0.2) is 12.4 Å². The number of urea groups is 1. The minimum absolute atomic E-state index is 0.0140. The molecule has 3 heterocycles. The van der Waals surface area contributed by atoms with Gasteiger partial charge in [0.05, 0.1) is 6.04 Å². The van der Waals surface area contributed by atoms with E-state index in [9.17, 15) is 4.79 Å². The summed E-state index contributed by atoms with van der Waals surface area (Å²) in [5.41, 5.74) is 0.432. The van der Waals surface area contributed by atoms with Crippen LogP contribution in [0.2, 0.25) is 0 Å². The Morgan fingerprint density at radius 3 is 2.87 bits per heavy atom. The fraction of sp³-hybridized carbons (Fsp3) is 0.765. The van der Waals surface area contributed by atoms with Gasteiger partial charge in [-0.15, -0.1) is 0 Å². The van der Waals surface area contributed by atoms with Crippen LogP contribution in [-0.2, 0) is 11.3 Å². The topological polar surface area (TPSA) is 59.4 Å². The number of carbonyl (C=O) groups is 1. The molecule has 0 bridgehead atoms. The number of rotatable bonds is 3. The Morgan fingerprint density at radius 1 is 1.43 bits per heavy atom. The highest BCUT2D eigenvalue weighted by atomic mass is 16.5. The van der Waals surface area contributed by atoms with Gasteiger partial charge in [-0.25, -0.2) is 9.78 Å². The molecule has 1 N–H and O–H groups in total. The molecule has 126 valence electrons. The Kier molecular flexibility index (Phi) is 3.41. The summed E-state index contributed by atoms with van der Waals surface area (Å²) in [6.07, 6.45) is 4.48. The van der Waals surface area contributed by atoms with Crippen molar-refractivity contribution < 1.29 is 9.53 Å². The molecule has 3 fully saturated rings. The molecule has 1 aliphatic carbocycles. The van der Waals surface area contributed by atoms with E-state index in [4.69, 9.17) is 4.74 Å². The number of nitrogens with zero attached hydrogens (tertiary/aromatic N) is 3. The average molecular weight is 318 g/mol. The van der Waals surface area contributed by atoms with E-state index in [1.807, 2.05) is 11.1 Å². The second kappa shape index (κ2) is 5.23. The summed E-state index contributed by atoms with van der Waals surface area (Å²) in [5.74, 6) is 2.28. The largest absolute Gasteiger partial charge is 0.368 e. The van der Waals surface area contributed by atoms with Gasteiger partial charge in [0, 0.05) is 38.6 Å². The number of aromatic nitrogens is 2. The zero-order valence-electron chi connectivity index (χ0n) is 14.2. The lowest BCUT2D eigenvalue weighted by atomic mass is 10.1. The van der Waals surface area contributed by atoms with Crippen molar-refractivity contribution in [1.82, 2.24) is 19.8 Å². The normalized spacial score (nSPS) is 34.5. The van der Waals surface area contributed by atoms with Crippen molar-refractivity contribution >= 4 is 6.03 Å². The molecule has 6 nitrogen and oxygen atoms in total. The zero-order chi connectivity index (χ0) is 16.2. The third-order valence-electron chi connectivity index (χ3n) is 6.15. The first-order valence-corrected chi connectivity index (χ1v) is 8.70. The Morgan fingerprint density at radius 2 is 2.17 bits per heavy atom. The average Bonchev–Trinajstić information content (AvgIpc) is 3.11.